The number of hydrogen-bond donors (Lipinski definition) is 0. The fraction of sp³-hybridized carbons (Fsp3) is 0.304. The van der Waals surface area contributed by atoms with Crippen LogP contribution in [0.5, 0.6) is 11.5 Å². The number of halogens is 2. The van der Waals surface area contributed by atoms with Gasteiger partial charge < -0.3 is 14.4 Å². The van der Waals surface area contributed by atoms with Crippen LogP contribution in [0.15, 0.2) is 48.8 Å². The zero-order chi connectivity index (χ0) is 20.4. The summed E-state index contributed by atoms with van der Waals surface area (Å²) in [6.07, 6.45) is 5.17. The zero-order valence-electron chi connectivity index (χ0n) is 16.9. The van der Waals surface area contributed by atoms with Gasteiger partial charge >= 0.3 is 0 Å². The molecule has 1 saturated heterocycles. The third-order valence-electron chi connectivity index (χ3n) is 5.58. The monoisotopic (exact) mass is 430 g/mol. The fourth-order valence-corrected chi connectivity index (χ4v) is 3.97. The van der Waals surface area contributed by atoms with Crippen LogP contribution in [0.2, 0.25) is 0 Å². The minimum absolute atomic E-state index is 0. The molecule has 0 N–H and O–H groups in total. The van der Waals surface area contributed by atoms with Gasteiger partial charge in [0.05, 0.1) is 26.1 Å². The highest BCUT2D eigenvalue weighted by molar-refractivity contribution is 5.98. The number of benzene rings is 2. The normalized spacial score (nSPS) is 14.3. The Morgan fingerprint density at radius 3 is 2.30 bits per heavy atom. The first kappa shape index (κ1) is 21.8. The lowest BCUT2D eigenvalue weighted by Gasteiger charge is -2.33. The van der Waals surface area contributed by atoms with Crippen molar-refractivity contribution in [1.29, 1.82) is 0 Å². The average Bonchev–Trinajstić information content (AvgIpc) is 2.77. The summed E-state index contributed by atoms with van der Waals surface area (Å²) >= 11 is 0. The number of nitrogens with zero attached hydrogens (tertiary/aromatic N) is 2. The second-order valence-electron chi connectivity index (χ2n) is 7.22. The molecular formula is C23H24ClFN2O3. The van der Waals surface area contributed by atoms with Gasteiger partial charge in [0.15, 0.2) is 17.3 Å². The van der Waals surface area contributed by atoms with E-state index in [0.29, 0.717) is 17.1 Å². The smallest absolute Gasteiger partial charge is 0.166 e. The maximum Gasteiger partial charge on any atom is 0.166 e. The van der Waals surface area contributed by atoms with Crippen molar-refractivity contribution in [2.75, 3.05) is 32.2 Å². The Morgan fingerprint density at radius 2 is 1.67 bits per heavy atom. The van der Waals surface area contributed by atoms with Crippen LogP contribution in [0.3, 0.4) is 0 Å². The molecule has 4 rings (SSSR count). The number of rotatable bonds is 5. The molecular weight excluding hydrogens is 407 g/mol. The van der Waals surface area contributed by atoms with Crippen molar-refractivity contribution in [1.82, 2.24) is 4.98 Å². The van der Waals surface area contributed by atoms with Crippen molar-refractivity contribution in [2.24, 2.45) is 5.92 Å². The van der Waals surface area contributed by atoms with Gasteiger partial charge in [0.1, 0.15) is 5.82 Å². The van der Waals surface area contributed by atoms with Crippen LogP contribution in [0.25, 0.3) is 10.8 Å². The molecule has 1 aliphatic rings. The van der Waals surface area contributed by atoms with E-state index in [-0.39, 0.29) is 29.9 Å². The van der Waals surface area contributed by atoms with Gasteiger partial charge in [-0.25, -0.2) is 4.39 Å². The summed E-state index contributed by atoms with van der Waals surface area (Å²) < 4.78 is 24.0. The Bertz CT molecular complexity index is 1030. The molecule has 7 heteroatoms. The van der Waals surface area contributed by atoms with Gasteiger partial charge in [-0.2, -0.15) is 0 Å². The van der Waals surface area contributed by atoms with Crippen molar-refractivity contribution < 1.29 is 18.7 Å². The lowest BCUT2D eigenvalue weighted by Crippen LogP contribution is -2.36. The molecule has 1 aliphatic heterocycles. The van der Waals surface area contributed by atoms with E-state index in [0.717, 1.165) is 42.4 Å². The molecule has 0 saturated carbocycles. The molecule has 0 unspecified atom stereocenters. The van der Waals surface area contributed by atoms with Crippen LogP contribution in [0, 0.1) is 11.7 Å². The molecule has 30 heavy (non-hydrogen) atoms. The summed E-state index contributed by atoms with van der Waals surface area (Å²) in [4.78, 5) is 19.4. The van der Waals surface area contributed by atoms with E-state index < -0.39 is 0 Å². The maximum absolute atomic E-state index is 13.1. The SMILES string of the molecule is COc1cc2cncc(N3CCC(C(=O)c4ccc(F)cc4)CC3)c2cc1OC.Cl. The van der Waals surface area contributed by atoms with Gasteiger partial charge in [-0.1, -0.05) is 0 Å². The number of fused-ring (bicyclic) bond motifs is 1. The minimum atomic E-state index is -0.327. The van der Waals surface area contributed by atoms with E-state index in [4.69, 9.17) is 9.47 Å². The first-order valence-electron chi connectivity index (χ1n) is 9.65. The highest BCUT2D eigenvalue weighted by Crippen LogP contribution is 2.37. The summed E-state index contributed by atoms with van der Waals surface area (Å²) in [7, 11) is 3.24. The van der Waals surface area contributed by atoms with Gasteiger partial charge in [0.25, 0.3) is 0 Å². The molecule has 158 valence electrons. The Labute approximate surface area is 181 Å². The minimum Gasteiger partial charge on any atom is -0.493 e. The van der Waals surface area contributed by atoms with E-state index in [9.17, 15) is 9.18 Å². The number of pyridine rings is 1. The van der Waals surface area contributed by atoms with Gasteiger partial charge in [-0.15, -0.1) is 12.4 Å². The Balaban J connectivity index is 0.00000256. The van der Waals surface area contributed by atoms with Crippen molar-refractivity contribution in [3.63, 3.8) is 0 Å². The molecule has 0 spiro atoms. The molecule has 5 nitrogen and oxygen atoms in total. The van der Waals surface area contributed by atoms with E-state index in [1.54, 1.807) is 26.4 Å². The van der Waals surface area contributed by atoms with Crippen molar-refractivity contribution in [2.45, 2.75) is 12.8 Å². The maximum atomic E-state index is 13.1. The van der Waals surface area contributed by atoms with Gasteiger partial charge in [-0.05, 0) is 49.2 Å². The molecule has 0 atom stereocenters. The van der Waals surface area contributed by atoms with Crippen LogP contribution >= 0.6 is 12.4 Å². The number of carbonyl (C=O) groups is 1. The third kappa shape index (κ3) is 4.19. The van der Waals surface area contributed by atoms with Crippen molar-refractivity contribution in [3.05, 3.63) is 60.2 Å². The molecule has 3 aromatic rings. The predicted octanol–water partition coefficient (Wildman–Crippen LogP) is 4.91. The second-order valence-corrected chi connectivity index (χ2v) is 7.22. The molecule has 0 aliphatic carbocycles. The molecule has 0 amide bonds. The van der Waals surface area contributed by atoms with Crippen LogP contribution in [-0.2, 0) is 0 Å². The summed E-state index contributed by atoms with van der Waals surface area (Å²) in [5.41, 5.74) is 1.60. The summed E-state index contributed by atoms with van der Waals surface area (Å²) in [6, 6.07) is 9.71. The van der Waals surface area contributed by atoms with Gasteiger partial charge in [-0.3, -0.25) is 9.78 Å². The number of piperidine rings is 1. The van der Waals surface area contributed by atoms with Crippen LogP contribution in [-0.4, -0.2) is 38.1 Å². The number of methoxy groups -OCH3 is 2. The number of ketones is 1. The summed E-state index contributed by atoms with van der Waals surface area (Å²) in [6.45, 7) is 1.51. The van der Waals surface area contributed by atoms with Gasteiger partial charge in [0.2, 0.25) is 0 Å². The predicted molar refractivity (Wildman–Crippen MR) is 118 cm³/mol. The van der Waals surface area contributed by atoms with Gasteiger partial charge in [0, 0.05) is 41.5 Å². The number of anilines is 1. The van der Waals surface area contributed by atoms with Crippen LogP contribution < -0.4 is 14.4 Å². The van der Waals surface area contributed by atoms with Crippen molar-refractivity contribution >= 4 is 34.7 Å². The quantitative estimate of drug-likeness (QED) is 0.538. The number of Topliss-reactive ketones (excluding diaryl/α,β-unsaturated/α-hetero) is 1. The van der Waals surface area contributed by atoms with Crippen LogP contribution in [0.4, 0.5) is 10.1 Å². The molecule has 2 heterocycles. The summed E-state index contributed by atoms with van der Waals surface area (Å²) in [5, 5.41) is 2.02. The van der Waals surface area contributed by atoms with Crippen molar-refractivity contribution in [3.8, 4) is 11.5 Å². The van der Waals surface area contributed by atoms with Crippen LogP contribution in [0.1, 0.15) is 23.2 Å². The highest BCUT2D eigenvalue weighted by atomic mass is 35.5. The standard InChI is InChI=1S/C23H23FN2O3.ClH/c1-28-21-11-17-13-25-14-20(19(17)12-22(21)29-2)26-9-7-16(8-10-26)23(27)15-3-5-18(24)6-4-15;/h3-6,11-14,16H,7-10H2,1-2H3;1H. The lowest BCUT2D eigenvalue weighted by molar-refractivity contribution is 0.0900. The topological polar surface area (TPSA) is 51.7 Å². The first-order chi connectivity index (χ1) is 14.1. The van der Waals surface area contributed by atoms with E-state index in [1.165, 1.54) is 12.1 Å². The third-order valence-corrected chi connectivity index (χ3v) is 5.58. The molecule has 2 aromatic carbocycles. The highest BCUT2D eigenvalue weighted by Gasteiger charge is 2.27. The number of aromatic nitrogens is 1. The molecule has 1 aromatic heterocycles. The Hall–Kier alpha value is -2.86. The molecule has 0 radical (unpaired) electrons. The number of ether oxygens (including phenoxy) is 2. The summed E-state index contributed by atoms with van der Waals surface area (Å²) in [5.74, 6) is 1.06. The zero-order valence-corrected chi connectivity index (χ0v) is 17.7. The number of hydrogen-bond acceptors (Lipinski definition) is 5. The molecule has 0 bridgehead atoms. The average molecular weight is 431 g/mol. The largest absolute Gasteiger partial charge is 0.493 e. The fourth-order valence-electron chi connectivity index (χ4n) is 3.97. The first-order valence-corrected chi connectivity index (χ1v) is 9.65. The van der Waals surface area contributed by atoms with E-state index in [1.807, 2.05) is 24.5 Å². The molecule has 1 fully saturated rings. The Kier molecular flexibility index (Phi) is 6.77. The van der Waals surface area contributed by atoms with E-state index >= 15 is 0 Å². The Morgan fingerprint density at radius 1 is 1.03 bits per heavy atom. The lowest BCUT2D eigenvalue weighted by atomic mass is 9.88. The van der Waals surface area contributed by atoms with E-state index in [2.05, 4.69) is 9.88 Å². The second kappa shape index (κ2) is 9.30. The number of carbonyl (C=O) groups excluding carboxylic acids is 1.